The molecule has 2 unspecified atom stereocenters. The van der Waals surface area contributed by atoms with E-state index in [-0.39, 0.29) is 5.91 Å². The van der Waals surface area contributed by atoms with Crippen molar-refractivity contribution in [3.05, 3.63) is 11.1 Å². The number of amides is 2. The van der Waals surface area contributed by atoms with Crippen LogP contribution in [0.4, 0.5) is 0 Å². The first-order valence-corrected chi connectivity index (χ1v) is 4.83. The summed E-state index contributed by atoms with van der Waals surface area (Å²) in [6, 6.07) is 0. The van der Waals surface area contributed by atoms with Crippen LogP contribution in [0.25, 0.3) is 0 Å². The molecule has 0 saturated heterocycles. The quantitative estimate of drug-likeness (QED) is 0.281. The lowest BCUT2D eigenvalue weighted by molar-refractivity contribution is -0.135. The topological polar surface area (TPSA) is 110 Å². The molecule has 0 saturated carbocycles. The van der Waals surface area contributed by atoms with Crippen LogP contribution >= 0.6 is 11.6 Å². The highest BCUT2D eigenvalue weighted by Crippen LogP contribution is 2.31. The monoisotopic (exact) mass is 232 g/mol. The number of hydrogen-bond acceptors (Lipinski definition) is 4. The SMILES string of the molecule is NNC(=O)C1CC=C(Cl)CC1C(=O)NN. The highest BCUT2D eigenvalue weighted by atomic mass is 35.5. The number of nitrogens with one attached hydrogen (secondary N) is 2. The molecule has 0 aromatic heterocycles. The predicted octanol–water partition coefficient (Wildman–Crippen LogP) is -0.885. The van der Waals surface area contributed by atoms with E-state index in [0.29, 0.717) is 17.9 Å². The van der Waals surface area contributed by atoms with Gasteiger partial charge in [0.15, 0.2) is 0 Å². The predicted molar refractivity (Wildman–Crippen MR) is 54.8 cm³/mol. The Balaban J connectivity index is 2.84. The van der Waals surface area contributed by atoms with Gasteiger partial charge in [0.05, 0.1) is 11.8 Å². The fourth-order valence-electron chi connectivity index (χ4n) is 1.63. The molecule has 1 aliphatic carbocycles. The third kappa shape index (κ3) is 2.68. The van der Waals surface area contributed by atoms with Crippen molar-refractivity contribution >= 4 is 23.4 Å². The van der Waals surface area contributed by atoms with Gasteiger partial charge in [-0.15, -0.1) is 0 Å². The largest absolute Gasteiger partial charge is 0.294 e. The number of hydrogen-bond donors (Lipinski definition) is 4. The Labute approximate surface area is 91.9 Å². The molecule has 6 nitrogen and oxygen atoms in total. The van der Waals surface area contributed by atoms with E-state index < -0.39 is 17.7 Å². The Kier molecular flexibility index (Phi) is 4.07. The number of hydrazine groups is 2. The van der Waals surface area contributed by atoms with E-state index in [2.05, 4.69) is 0 Å². The zero-order valence-corrected chi connectivity index (χ0v) is 8.75. The maximum absolute atomic E-state index is 11.4. The number of carbonyl (C=O) groups excluding carboxylic acids is 2. The van der Waals surface area contributed by atoms with Crippen molar-refractivity contribution in [1.82, 2.24) is 10.9 Å². The van der Waals surface area contributed by atoms with E-state index in [1.165, 1.54) is 0 Å². The summed E-state index contributed by atoms with van der Waals surface area (Å²) in [5.41, 5.74) is 4.04. The number of allylic oxidation sites excluding steroid dienone is 2. The lowest BCUT2D eigenvalue weighted by Crippen LogP contribution is -2.46. The molecule has 2 atom stereocenters. The molecular formula is C8H13ClN4O2. The van der Waals surface area contributed by atoms with Gasteiger partial charge >= 0.3 is 0 Å². The van der Waals surface area contributed by atoms with Crippen LogP contribution in [0.1, 0.15) is 12.8 Å². The van der Waals surface area contributed by atoms with E-state index in [1.807, 2.05) is 10.9 Å². The van der Waals surface area contributed by atoms with Crippen molar-refractivity contribution in [2.75, 3.05) is 0 Å². The van der Waals surface area contributed by atoms with Crippen molar-refractivity contribution in [3.8, 4) is 0 Å². The van der Waals surface area contributed by atoms with Gasteiger partial charge in [-0.1, -0.05) is 17.7 Å². The Hall–Kier alpha value is -1.11. The highest BCUT2D eigenvalue weighted by molar-refractivity contribution is 6.29. The van der Waals surface area contributed by atoms with Gasteiger partial charge < -0.3 is 0 Å². The Morgan fingerprint density at radius 3 is 2.33 bits per heavy atom. The Morgan fingerprint density at radius 1 is 1.27 bits per heavy atom. The maximum Gasteiger partial charge on any atom is 0.238 e. The van der Waals surface area contributed by atoms with Crippen molar-refractivity contribution < 1.29 is 9.59 Å². The molecule has 1 rings (SSSR count). The molecule has 84 valence electrons. The second-order valence-corrected chi connectivity index (χ2v) is 3.81. The lowest BCUT2D eigenvalue weighted by atomic mass is 9.82. The minimum Gasteiger partial charge on any atom is -0.294 e. The van der Waals surface area contributed by atoms with Crippen LogP contribution in [0, 0.1) is 11.8 Å². The summed E-state index contributed by atoms with van der Waals surface area (Å²) in [5, 5.41) is 0.560. The zero-order valence-electron chi connectivity index (χ0n) is 8.00. The molecule has 0 fully saturated rings. The molecule has 0 aromatic rings. The Morgan fingerprint density at radius 2 is 1.80 bits per heavy atom. The van der Waals surface area contributed by atoms with Crippen molar-refractivity contribution in [1.29, 1.82) is 0 Å². The van der Waals surface area contributed by atoms with Gasteiger partial charge in [0.25, 0.3) is 0 Å². The van der Waals surface area contributed by atoms with E-state index in [4.69, 9.17) is 23.3 Å². The molecule has 0 spiro atoms. The Bertz CT molecular complexity index is 305. The van der Waals surface area contributed by atoms with E-state index in [1.54, 1.807) is 6.08 Å². The molecule has 0 aromatic carbocycles. The molecule has 0 radical (unpaired) electrons. The minimum atomic E-state index is -0.559. The molecule has 6 N–H and O–H groups in total. The van der Waals surface area contributed by atoms with Gasteiger partial charge in [0.2, 0.25) is 11.8 Å². The first kappa shape index (κ1) is 12.0. The first-order valence-electron chi connectivity index (χ1n) is 4.45. The molecule has 7 heteroatoms. The van der Waals surface area contributed by atoms with Crippen molar-refractivity contribution in [2.24, 2.45) is 23.5 Å². The normalized spacial score (nSPS) is 25.4. The van der Waals surface area contributed by atoms with Gasteiger partial charge in [-0.05, 0) is 12.8 Å². The second-order valence-electron chi connectivity index (χ2n) is 3.32. The average molecular weight is 233 g/mol. The van der Waals surface area contributed by atoms with E-state index in [0.717, 1.165) is 0 Å². The second kappa shape index (κ2) is 5.11. The van der Waals surface area contributed by atoms with Crippen LogP contribution < -0.4 is 22.5 Å². The van der Waals surface area contributed by atoms with Crippen LogP contribution in [-0.2, 0) is 9.59 Å². The van der Waals surface area contributed by atoms with Gasteiger partial charge in [-0.25, -0.2) is 11.7 Å². The summed E-state index contributed by atoms with van der Waals surface area (Å²) < 4.78 is 0. The van der Waals surface area contributed by atoms with Crippen LogP contribution in [-0.4, -0.2) is 11.8 Å². The van der Waals surface area contributed by atoms with E-state index >= 15 is 0 Å². The van der Waals surface area contributed by atoms with Gasteiger partial charge in [-0.2, -0.15) is 0 Å². The third-order valence-electron chi connectivity index (χ3n) is 2.45. The third-order valence-corrected chi connectivity index (χ3v) is 2.76. The number of nitrogens with two attached hydrogens (primary N) is 2. The lowest BCUT2D eigenvalue weighted by Gasteiger charge is -2.26. The fourth-order valence-corrected chi connectivity index (χ4v) is 1.89. The molecule has 0 aliphatic heterocycles. The van der Waals surface area contributed by atoms with Crippen LogP contribution in [0.5, 0.6) is 0 Å². The molecule has 2 amide bonds. The summed E-state index contributed by atoms with van der Waals surface area (Å²) >= 11 is 5.80. The van der Waals surface area contributed by atoms with Crippen molar-refractivity contribution in [3.63, 3.8) is 0 Å². The van der Waals surface area contributed by atoms with Crippen LogP contribution in [0.2, 0.25) is 0 Å². The van der Waals surface area contributed by atoms with Gasteiger partial charge in [0.1, 0.15) is 0 Å². The summed E-state index contributed by atoms with van der Waals surface area (Å²) in [6.45, 7) is 0. The number of rotatable bonds is 2. The molecule has 15 heavy (non-hydrogen) atoms. The van der Waals surface area contributed by atoms with Crippen molar-refractivity contribution in [2.45, 2.75) is 12.8 Å². The summed E-state index contributed by atoms with van der Waals surface area (Å²) in [4.78, 5) is 22.8. The summed E-state index contributed by atoms with van der Waals surface area (Å²) in [7, 11) is 0. The van der Waals surface area contributed by atoms with Gasteiger partial charge in [-0.3, -0.25) is 20.4 Å². The zero-order chi connectivity index (χ0) is 11.4. The average Bonchev–Trinajstić information content (AvgIpc) is 2.26. The maximum atomic E-state index is 11.4. The molecular weight excluding hydrogens is 220 g/mol. The van der Waals surface area contributed by atoms with Crippen LogP contribution in [0.3, 0.4) is 0 Å². The summed E-state index contributed by atoms with van der Waals surface area (Å²) in [5.74, 6) is 8.19. The van der Waals surface area contributed by atoms with E-state index in [9.17, 15) is 9.59 Å². The summed E-state index contributed by atoms with van der Waals surface area (Å²) in [6.07, 6.45) is 2.41. The number of halogens is 1. The smallest absolute Gasteiger partial charge is 0.238 e. The number of carbonyl (C=O) groups is 2. The highest BCUT2D eigenvalue weighted by Gasteiger charge is 2.35. The standard InChI is InChI=1S/C8H13ClN4O2/c9-4-1-2-5(7(14)12-10)6(3-4)8(15)13-11/h1,5-6H,2-3,10-11H2,(H,12,14)(H,13,15). The first-order chi connectivity index (χ1) is 7.10. The minimum absolute atomic E-state index is 0.308. The molecule has 0 bridgehead atoms. The molecule has 1 aliphatic rings. The molecule has 0 heterocycles. The fraction of sp³-hybridized carbons (Fsp3) is 0.500. The van der Waals surface area contributed by atoms with Gasteiger partial charge in [0, 0.05) is 5.03 Å². The van der Waals surface area contributed by atoms with Crippen LogP contribution in [0.15, 0.2) is 11.1 Å².